The van der Waals surface area contributed by atoms with Crippen LogP contribution >= 0.6 is 0 Å². The molecule has 8 heteroatoms. The minimum Gasteiger partial charge on any atom is -0.480 e. The predicted octanol–water partition coefficient (Wildman–Crippen LogP) is 1.79. The maximum atomic E-state index is 12.2. The molecule has 1 amide bonds. The largest absolute Gasteiger partial charge is 0.480 e. The van der Waals surface area contributed by atoms with E-state index in [4.69, 9.17) is 21.0 Å². The van der Waals surface area contributed by atoms with E-state index in [9.17, 15) is 14.4 Å². The number of nitrogens with two attached hydrogens (primary N) is 1. The van der Waals surface area contributed by atoms with E-state index in [2.05, 4.69) is 5.32 Å². The number of carbonyl (C=O) groups is 3. The first-order valence-electron chi connectivity index (χ1n) is 8.21. The molecular formula is C20H19N3O5. The maximum absolute atomic E-state index is 12.2. The SMILES string of the molecule is CC(=Cc1ccc(C(=O)Oc2ccc(C(=N)N)cc2)cc1)C(=O)NCC(=O)O. The molecule has 0 spiro atoms. The van der Waals surface area contributed by atoms with Gasteiger partial charge in [-0.25, -0.2) is 4.79 Å². The molecule has 0 aliphatic heterocycles. The summed E-state index contributed by atoms with van der Waals surface area (Å²) in [5, 5.41) is 18.2. The molecule has 0 heterocycles. The van der Waals surface area contributed by atoms with Crippen molar-refractivity contribution in [1.82, 2.24) is 5.32 Å². The van der Waals surface area contributed by atoms with Gasteiger partial charge in [0.25, 0.3) is 0 Å². The zero-order valence-electron chi connectivity index (χ0n) is 15.1. The normalized spacial score (nSPS) is 10.8. The van der Waals surface area contributed by atoms with E-state index in [1.165, 1.54) is 0 Å². The van der Waals surface area contributed by atoms with Crippen LogP contribution < -0.4 is 15.8 Å². The molecule has 8 nitrogen and oxygen atoms in total. The average molecular weight is 381 g/mol. The zero-order valence-corrected chi connectivity index (χ0v) is 15.1. The second kappa shape index (κ2) is 9.13. The number of amidine groups is 1. The lowest BCUT2D eigenvalue weighted by atomic mass is 10.1. The van der Waals surface area contributed by atoms with Crippen LogP contribution in [0.1, 0.15) is 28.4 Å². The van der Waals surface area contributed by atoms with Crippen molar-refractivity contribution >= 4 is 29.8 Å². The Kier molecular flexibility index (Phi) is 6.64. The van der Waals surface area contributed by atoms with Crippen LogP contribution in [0.15, 0.2) is 54.1 Å². The van der Waals surface area contributed by atoms with E-state index < -0.39 is 24.4 Å². The highest BCUT2D eigenvalue weighted by atomic mass is 16.5. The number of hydrogen-bond acceptors (Lipinski definition) is 5. The summed E-state index contributed by atoms with van der Waals surface area (Å²) in [7, 11) is 0. The number of ether oxygens (including phenoxy) is 1. The van der Waals surface area contributed by atoms with Crippen LogP contribution in [0.2, 0.25) is 0 Å². The van der Waals surface area contributed by atoms with E-state index in [1.54, 1.807) is 61.5 Å². The summed E-state index contributed by atoms with van der Waals surface area (Å²) in [6, 6.07) is 12.7. The summed E-state index contributed by atoms with van der Waals surface area (Å²) in [6.45, 7) is 1.10. The van der Waals surface area contributed by atoms with Crippen molar-refractivity contribution in [1.29, 1.82) is 5.41 Å². The molecule has 0 aromatic heterocycles. The molecule has 0 saturated heterocycles. The van der Waals surface area contributed by atoms with Crippen LogP contribution in [0.3, 0.4) is 0 Å². The Bertz CT molecular complexity index is 931. The second-order valence-corrected chi connectivity index (χ2v) is 5.85. The number of nitrogens with one attached hydrogen (secondary N) is 2. The zero-order chi connectivity index (χ0) is 20.7. The lowest BCUT2D eigenvalue weighted by Crippen LogP contribution is -2.29. The number of hydrogen-bond donors (Lipinski definition) is 4. The highest BCUT2D eigenvalue weighted by Gasteiger charge is 2.10. The molecule has 0 saturated carbocycles. The fourth-order valence-electron chi connectivity index (χ4n) is 2.19. The minimum atomic E-state index is -1.13. The van der Waals surface area contributed by atoms with Crippen molar-refractivity contribution in [3.05, 3.63) is 70.8 Å². The van der Waals surface area contributed by atoms with E-state index in [0.29, 0.717) is 28.0 Å². The molecule has 144 valence electrons. The molecule has 0 aliphatic carbocycles. The number of carboxylic acids is 1. The number of carbonyl (C=O) groups excluding carboxylic acids is 2. The van der Waals surface area contributed by atoms with Gasteiger partial charge < -0.3 is 20.9 Å². The van der Waals surface area contributed by atoms with Crippen LogP contribution in [-0.4, -0.2) is 35.3 Å². The first kappa shape index (κ1) is 20.4. The van der Waals surface area contributed by atoms with Crippen molar-refractivity contribution < 1.29 is 24.2 Å². The van der Waals surface area contributed by atoms with Crippen molar-refractivity contribution in [2.45, 2.75) is 6.92 Å². The summed E-state index contributed by atoms with van der Waals surface area (Å²) in [4.78, 5) is 34.4. The molecule has 2 aromatic rings. The smallest absolute Gasteiger partial charge is 0.343 e. The van der Waals surface area contributed by atoms with Crippen molar-refractivity contribution in [3.63, 3.8) is 0 Å². The van der Waals surface area contributed by atoms with Gasteiger partial charge in [-0.15, -0.1) is 0 Å². The maximum Gasteiger partial charge on any atom is 0.343 e. The van der Waals surface area contributed by atoms with Gasteiger partial charge in [-0.1, -0.05) is 12.1 Å². The number of esters is 1. The van der Waals surface area contributed by atoms with Crippen LogP contribution in [0.5, 0.6) is 5.75 Å². The second-order valence-electron chi connectivity index (χ2n) is 5.85. The summed E-state index contributed by atoms with van der Waals surface area (Å²) in [5.41, 5.74) is 7.23. The van der Waals surface area contributed by atoms with Crippen molar-refractivity contribution in [2.24, 2.45) is 5.73 Å². The average Bonchev–Trinajstić information content (AvgIpc) is 2.66. The van der Waals surface area contributed by atoms with E-state index >= 15 is 0 Å². The van der Waals surface area contributed by atoms with Gasteiger partial charge in [-0.05, 0) is 55.0 Å². The first-order chi connectivity index (χ1) is 13.3. The van der Waals surface area contributed by atoms with Gasteiger partial charge >= 0.3 is 11.9 Å². The molecule has 2 rings (SSSR count). The van der Waals surface area contributed by atoms with Crippen molar-refractivity contribution in [2.75, 3.05) is 6.54 Å². The van der Waals surface area contributed by atoms with E-state index in [1.807, 2.05) is 0 Å². The summed E-state index contributed by atoms with van der Waals surface area (Å²) in [6.07, 6.45) is 1.58. The summed E-state index contributed by atoms with van der Waals surface area (Å²) >= 11 is 0. The number of aliphatic carboxylic acids is 1. The first-order valence-corrected chi connectivity index (χ1v) is 8.21. The van der Waals surface area contributed by atoms with Crippen LogP contribution in [-0.2, 0) is 9.59 Å². The molecular weight excluding hydrogens is 362 g/mol. The molecule has 0 aliphatic rings. The quantitative estimate of drug-likeness (QED) is 0.189. The Balaban J connectivity index is 2.01. The predicted molar refractivity (Wildman–Crippen MR) is 103 cm³/mol. The highest BCUT2D eigenvalue weighted by molar-refractivity contribution is 5.98. The topological polar surface area (TPSA) is 143 Å². The molecule has 2 aromatic carbocycles. The Labute approximate surface area is 161 Å². The highest BCUT2D eigenvalue weighted by Crippen LogP contribution is 2.15. The number of nitrogen functional groups attached to an aromatic ring is 1. The van der Waals surface area contributed by atoms with Gasteiger partial charge in [-0.2, -0.15) is 0 Å². The number of amides is 1. The third-order valence-electron chi connectivity index (χ3n) is 3.66. The lowest BCUT2D eigenvalue weighted by molar-refractivity contribution is -0.137. The summed E-state index contributed by atoms with van der Waals surface area (Å²) in [5.74, 6) is -1.92. The van der Waals surface area contributed by atoms with Crippen LogP contribution in [0, 0.1) is 5.41 Å². The molecule has 0 unspecified atom stereocenters. The van der Waals surface area contributed by atoms with Gasteiger partial charge in [0.05, 0.1) is 5.56 Å². The number of carboxylic acid groups (broad SMARTS) is 1. The molecule has 0 bridgehead atoms. The van der Waals surface area contributed by atoms with Gasteiger partial charge in [0.1, 0.15) is 18.1 Å². The van der Waals surface area contributed by atoms with Gasteiger partial charge in [0.2, 0.25) is 5.91 Å². The monoisotopic (exact) mass is 381 g/mol. The Hall–Kier alpha value is -3.94. The van der Waals surface area contributed by atoms with Crippen molar-refractivity contribution in [3.8, 4) is 5.75 Å². The Morgan fingerprint density at radius 3 is 2.18 bits per heavy atom. The van der Waals surface area contributed by atoms with Gasteiger partial charge in [-0.3, -0.25) is 15.0 Å². The molecule has 28 heavy (non-hydrogen) atoms. The number of benzene rings is 2. The summed E-state index contributed by atoms with van der Waals surface area (Å²) < 4.78 is 5.26. The minimum absolute atomic E-state index is 0.0755. The molecule has 0 atom stereocenters. The Morgan fingerprint density at radius 2 is 1.64 bits per heavy atom. The van der Waals surface area contributed by atoms with Gasteiger partial charge in [0.15, 0.2) is 0 Å². The molecule has 0 fully saturated rings. The fraction of sp³-hybridized carbons (Fsp3) is 0.100. The van der Waals surface area contributed by atoms with Crippen LogP contribution in [0.25, 0.3) is 6.08 Å². The number of rotatable bonds is 7. The van der Waals surface area contributed by atoms with Gasteiger partial charge in [0, 0.05) is 11.1 Å². The van der Waals surface area contributed by atoms with E-state index in [-0.39, 0.29) is 5.84 Å². The molecule has 0 radical (unpaired) electrons. The standard InChI is InChI=1S/C20H19N3O5/c1-12(19(26)23-11-17(24)25)10-13-2-4-15(5-3-13)20(27)28-16-8-6-14(7-9-16)18(21)22/h2-10H,11H2,1H3,(H3,21,22)(H,23,26)(H,24,25). The third kappa shape index (κ3) is 5.80. The fourth-order valence-corrected chi connectivity index (χ4v) is 2.19. The third-order valence-corrected chi connectivity index (χ3v) is 3.66. The molecule has 5 N–H and O–H groups in total. The van der Waals surface area contributed by atoms with E-state index in [0.717, 1.165) is 0 Å². The Morgan fingerprint density at radius 1 is 1.07 bits per heavy atom. The lowest BCUT2D eigenvalue weighted by Gasteiger charge is -2.06. The van der Waals surface area contributed by atoms with Crippen LogP contribution in [0.4, 0.5) is 0 Å².